The summed E-state index contributed by atoms with van der Waals surface area (Å²) in [4.78, 5) is 13.8. The minimum atomic E-state index is -0.112. The summed E-state index contributed by atoms with van der Waals surface area (Å²) in [5.74, 6) is 1.95. The maximum atomic E-state index is 11.9. The molecule has 1 atom stereocenters. The highest BCUT2D eigenvalue weighted by molar-refractivity contribution is 8.00. The highest BCUT2D eigenvalue weighted by Crippen LogP contribution is 2.30. The van der Waals surface area contributed by atoms with Gasteiger partial charge >= 0.3 is 0 Å². The molecule has 2 rings (SSSR count). The van der Waals surface area contributed by atoms with Crippen molar-refractivity contribution >= 4 is 17.7 Å². The van der Waals surface area contributed by atoms with E-state index < -0.39 is 0 Å². The second-order valence-corrected chi connectivity index (χ2v) is 6.02. The lowest BCUT2D eigenvalue weighted by Crippen LogP contribution is -2.42. The second-order valence-electron chi connectivity index (χ2n) is 4.71. The summed E-state index contributed by atoms with van der Waals surface area (Å²) in [6.07, 6.45) is 3.85. The molecule has 1 heterocycles. The Labute approximate surface area is 95.2 Å². The van der Waals surface area contributed by atoms with Crippen LogP contribution in [-0.4, -0.2) is 46.6 Å². The molecule has 0 spiro atoms. The first kappa shape index (κ1) is 11.3. The molecular weight excluding hydrogens is 210 g/mol. The molecule has 1 aliphatic heterocycles. The third-order valence-electron chi connectivity index (χ3n) is 3.32. The van der Waals surface area contributed by atoms with Crippen LogP contribution in [0.15, 0.2) is 0 Å². The largest absolute Gasteiger partial charge is 0.393 e. The molecule has 1 unspecified atom stereocenters. The van der Waals surface area contributed by atoms with E-state index in [0.29, 0.717) is 11.8 Å². The quantitative estimate of drug-likeness (QED) is 0.788. The summed E-state index contributed by atoms with van der Waals surface area (Å²) < 4.78 is 0. The van der Waals surface area contributed by atoms with Gasteiger partial charge in [-0.2, -0.15) is 0 Å². The van der Waals surface area contributed by atoms with Crippen LogP contribution >= 0.6 is 11.8 Å². The first-order valence-electron chi connectivity index (χ1n) is 5.71. The Hall–Kier alpha value is -0.220. The van der Waals surface area contributed by atoms with E-state index in [9.17, 15) is 9.90 Å². The molecule has 0 bridgehead atoms. The fourth-order valence-corrected chi connectivity index (χ4v) is 3.62. The Bertz CT molecular complexity index is 235. The summed E-state index contributed by atoms with van der Waals surface area (Å²) in [5, 5.41) is 9.38. The first-order valence-corrected chi connectivity index (χ1v) is 6.76. The molecule has 1 amide bonds. The van der Waals surface area contributed by atoms with Crippen molar-refractivity contribution < 1.29 is 9.90 Å². The summed E-state index contributed by atoms with van der Waals surface area (Å²) in [6.45, 7) is 0.826. The summed E-state index contributed by atoms with van der Waals surface area (Å²) >= 11 is 1.79. The summed E-state index contributed by atoms with van der Waals surface area (Å²) in [6, 6.07) is 0. The molecule has 15 heavy (non-hydrogen) atoms. The lowest BCUT2D eigenvalue weighted by molar-refractivity contribution is -0.130. The maximum Gasteiger partial charge on any atom is 0.235 e. The van der Waals surface area contributed by atoms with E-state index in [1.54, 1.807) is 11.8 Å². The minimum absolute atomic E-state index is 0.112. The molecular formula is C11H19NO2S. The predicted molar refractivity (Wildman–Crippen MR) is 61.8 cm³/mol. The average molecular weight is 229 g/mol. The number of hydrogen-bond donors (Lipinski definition) is 1. The van der Waals surface area contributed by atoms with E-state index >= 15 is 0 Å². The van der Waals surface area contributed by atoms with E-state index in [4.69, 9.17) is 0 Å². The van der Waals surface area contributed by atoms with Crippen LogP contribution in [0.5, 0.6) is 0 Å². The zero-order valence-corrected chi connectivity index (χ0v) is 10.0. The number of amides is 1. The normalized spacial score (nSPS) is 34.9. The van der Waals surface area contributed by atoms with Gasteiger partial charge in [0.25, 0.3) is 0 Å². The van der Waals surface area contributed by atoms with Crippen LogP contribution in [0.25, 0.3) is 0 Å². The summed E-state index contributed by atoms with van der Waals surface area (Å²) in [5.41, 5.74) is 0. The maximum absolute atomic E-state index is 11.9. The van der Waals surface area contributed by atoms with Gasteiger partial charge in [-0.05, 0) is 37.4 Å². The number of nitrogens with zero attached hydrogens (tertiary/aromatic N) is 1. The van der Waals surface area contributed by atoms with Crippen molar-refractivity contribution in [1.82, 2.24) is 4.90 Å². The van der Waals surface area contributed by atoms with E-state index in [1.807, 2.05) is 11.9 Å². The van der Waals surface area contributed by atoms with Gasteiger partial charge in [-0.1, -0.05) is 0 Å². The third-order valence-corrected chi connectivity index (χ3v) is 4.69. The molecule has 0 aromatic heterocycles. The second kappa shape index (κ2) is 4.74. The van der Waals surface area contributed by atoms with Crippen LogP contribution in [0.4, 0.5) is 0 Å². The van der Waals surface area contributed by atoms with Gasteiger partial charge in [-0.25, -0.2) is 0 Å². The van der Waals surface area contributed by atoms with Crippen LogP contribution < -0.4 is 0 Å². The standard InChI is InChI=1S/C11H19NO2S/c1-12(7-8-5-9(13)6-8)11(14)10-3-2-4-15-10/h8-10,13H,2-7H2,1H3. The highest BCUT2D eigenvalue weighted by Gasteiger charge is 2.31. The Morgan fingerprint density at radius 3 is 2.80 bits per heavy atom. The van der Waals surface area contributed by atoms with Crippen LogP contribution in [0, 0.1) is 5.92 Å². The van der Waals surface area contributed by atoms with Crippen molar-refractivity contribution in [3.05, 3.63) is 0 Å². The van der Waals surface area contributed by atoms with Gasteiger partial charge in [0.05, 0.1) is 11.4 Å². The fraction of sp³-hybridized carbons (Fsp3) is 0.909. The van der Waals surface area contributed by atoms with E-state index in [-0.39, 0.29) is 11.4 Å². The van der Waals surface area contributed by atoms with E-state index in [2.05, 4.69) is 0 Å². The zero-order valence-electron chi connectivity index (χ0n) is 9.19. The topological polar surface area (TPSA) is 40.5 Å². The number of aliphatic hydroxyl groups excluding tert-OH is 1. The highest BCUT2D eigenvalue weighted by atomic mass is 32.2. The van der Waals surface area contributed by atoms with Crippen molar-refractivity contribution in [1.29, 1.82) is 0 Å². The molecule has 1 saturated carbocycles. The van der Waals surface area contributed by atoms with Crippen LogP contribution in [0.1, 0.15) is 25.7 Å². The van der Waals surface area contributed by atoms with Gasteiger partial charge in [0.15, 0.2) is 0 Å². The lowest BCUT2D eigenvalue weighted by atomic mass is 9.82. The number of hydrogen-bond acceptors (Lipinski definition) is 3. The predicted octanol–water partition coefficient (Wildman–Crippen LogP) is 1.11. The fourth-order valence-electron chi connectivity index (χ4n) is 2.35. The molecule has 4 heteroatoms. The molecule has 0 aromatic rings. The molecule has 1 saturated heterocycles. The first-order chi connectivity index (χ1) is 7.16. The Balaban J connectivity index is 1.74. The Morgan fingerprint density at radius 1 is 1.53 bits per heavy atom. The smallest absolute Gasteiger partial charge is 0.235 e. The third kappa shape index (κ3) is 2.67. The molecule has 0 radical (unpaired) electrons. The van der Waals surface area contributed by atoms with Gasteiger partial charge in [0.1, 0.15) is 0 Å². The van der Waals surface area contributed by atoms with Crippen LogP contribution in [-0.2, 0) is 4.79 Å². The van der Waals surface area contributed by atoms with Crippen molar-refractivity contribution in [3.63, 3.8) is 0 Å². The number of aliphatic hydroxyl groups is 1. The van der Waals surface area contributed by atoms with Crippen LogP contribution in [0.3, 0.4) is 0 Å². The molecule has 1 aliphatic carbocycles. The number of carbonyl (C=O) groups excluding carboxylic acids is 1. The van der Waals surface area contributed by atoms with E-state index in [0.717, 1.165) is 31.6 Å². The van der Waals surface area contributed by atoms with Crippen molar-refractivity contribution in [3.8, 4) is 0 Å². The Kier molecular flexibility index (Phi) is 3.57. The molecule has 3 nitrogen and oxygen atoms in total. The number of carbonyl (C=O) groups is 1. The van der Waals surface area contributed by atoms with Crippen molar-refractivity contribution in [2.45, 2.75) is 37.0 Å². The number of rotatable bonds is 3. The van der Waals surface area contributed by atoms with Gasteiger partial charge in [0, 0.05) is 13.6 Å². The van der Waals surface area contributed by atoms with Crippen LogP contribution in [0.2, 0.25) is 0 Å². The number of thioether (sulfide) groups is 1. The minimum Gasteiger partial charge on any atom is -0.393 e. The van der Waals surface area contributed by atoms with Gasteiger partial charge in [-0.3, -0.25) is 4.79 Å². The summed E-state index contributed by atoms with van der Waals surface area (Å²) in [7, 11) is 1.89. The van der Waals surface area contributed by atoms with Gasteiger partial charge in [-0.15, -0.1) is 11.8 Å². The molecule has 2 fully saturated rings. The molecule has 0 aromatic carbocycles. The van der Waals surface area contributed by atoms with Crippen molar-refractivity contribution in [2.75, 3.05) is 19.3 Å². The average Bonchev–Trinajstić information content (AvgIpc) is 2.66. The zero-order chi connectivity index (χ0) is 10.8. The SMILES string of the molecule is CN(CC1CC(O)C1)C(=O)C1CCCS1. The van der Waals surface area contributed by atoms with Crippen molar-refractivity contribution in [2.24, 2.45) is 5.92 Å². The Morgan fingerprint density at radius 2 is 2.27 bits per heavy atom. The lowest BCUT2D eigenvalue weighted by Gasteiger charge is -2.35. The monoisotopic (exact) mass is 229 g/mol. The van der Waals surface area contributed by atoms with Gasteiger partial charge < -0.3 is 10.0 Å². The molecule has 86 valence electrons. The van der Waals surface area contributed by atoms with Gasteiger partial charge in [0.2, 0.25) is 5.91 Å². The molecule has 1 N–H and O–H groups in total. The van der Waals surface area contributed by atoms with E-state index in [1.165, 1.54) is 6.42 Å². The molecule has 2 aliphatic rings.